The number of carbonyl (C=O) groups is 1. The molecule has 1 unspecified atom stereocenters. The molecular formula is C7H12N4O2. The van der Waals surface area contributed by atoms with Crippen LogP contribution in [0.1, 0.15) is 17.4 Å². The lowest BCUT2D eigenvalue weighted by atomic mass is 10.3. The molecule has 6 heteroatoms. The normalized spacial score (nSPS) is 12.5. The topological polar surface area (TPSA) is 104 Å². The van der Waals surface area contributed by atoms with Crippen LogP contribution in [0.2, 0.25) is 0 Å². The number of carbonyl (C=O) groups excluding carboxylic acids is 1. The maximum atomic E-state index is 11.3. The second-order valence-electron chi connectivity index (χ2n) is 2.76. The molecule has 0 aliphatic heterocycles. The highest BCUT2D eigenvalue weighted by Gasteiger charge is 2.11. The van der Waals surface area contributed by atoms with E-state index in [4.69, 9.17) is 10.8 Å². The van der Waals surface area contributed by atoms with Crippen LogP contribution in [0.5, 0.6) is 0 Å². The van der Waals surface area contributed by atoms with E-state index in [2.05, 4.69) is 15.5 Å². The first-order chi connectivity index (χ1) is 6.11. The number of anilines is 1. The first kappa shape index (κ1) is 9.53. The largest absolute Gasteiger partial charge is 0.396 e. The van der Waals surface area contributed by atoms with Gasteiger partial charge < -0.3 is 16.2 Å². The van der Waals surface area contributed by atoms with E-state index in [0.29, 0.717) is 5.69 Å². The highest BCUT2D eigenvalue weighted by molar-refractivity contribution is 5.96. The van der Waals surface area contributed by atoms with Crippen molar-refractivity contribution in [1.29, 1.82) is 0 Å². The number of aliphatic hydroxyl groups excluding tert-OH is 1. The summed E-state index contributed by atoms with van der Waals surface area (Å²) in [5, 5.41) is 17.4. The summed E-state index contributed by atoms with van der Waals surface area (Å²) in [6.45, 7) is 1.77. The molecule has 0 saturated carbocycles. The van der Waals surface area contributed by atoms with Crippen molar-refractivity contribution in [2.45, 2.75) is 13.0 Å². The Kier molecular flexibility index (Phi) is 2.86. The van der Waals surface area contributed by atoms with Gasteiger partial charge in [0.1, 0.15) is 5.69 Å². The smallest absolute Gasteiger partial charge is 0.271 e. The minimum Gasteiger partial charge on any atom is -0.396 e. The number of amides is 1. The third-order valence-corrected chi connectivity index (χ3v) is 1.45. The number of hydrogen-bond donors (Lipinski definition) is 4. The molecule has 0 bridgehead atoms. The van der Waals surface area contributed by atoms with E-state index >= 15 is 0 Å². The monoisotopic (exact) mass is 184 g/mol. The van der Waals surface area contributed by atoms with Gasteiger partial charge in [-0.1, -0.05) is 0 Å². The van der Waals surface area contributed by atoms with Gasteiger partial charge in [-0.15, -0.1) is 0 Å². The molecule has 0 fully saturated rings. The number of nitrogens with zero attached hydrogens (tertiary/aromatic N) is 1. The van der Waals surface area contributed by atoms with Gasteiger partial charge in [-0.2, -0.15) is 5.10 Å². The third-order valence-electron chi connectivity index (χ3n) is 1.45. The fourth-order valence-electron chi connectivity index (χ4n) is 0.806. The maximum absolute atomic E-state index is 11.3. The van der Waals surface area contributed by atoms with Gasteiger partial charge in [-0.25, -0.2) is 0 Å². The van der Waals surface area contributed by atoms with Crippen molar-refractivity contribution in [2.75, 3.05) is 12.3 Å². The molecule has 0 spiro atoms. The van der Waals surface area contributed by atoms with Gasteiger partial charge in [-0.3, -0.25) is 9.89 Å². The van der Waals surface area contributed by atoms with Crippen LogP contribution in [-0.4, -0.2) is 33.9 Å². The first-order valence-electron chi connectivity index (χ1n) is 3.86. The predicted molar refractivity (Wildman–Crippen MR) is 47.0 cm³/mol. The van der Waals surface area contributed by atoms with E-state index in [1.54, 1.807) is 6.92 Å². The first-order valence-corrected chi connectivity index (χ1v) is 3.86. The highest BCUT2D eigenvalue weighted by Crippen LogP contribution is 2.04. The molecule has 0 aliphatic carbocycles. The summed E-state index contributed by atoms with van der Waals surface area (Å²) in [6, 6.07) is 0. The Balaban J connectivity index is 2.54. The summed E-state index contributed by atoms with van der Waals surface area (Å²) < 4.78 is 0. The van der Waals surface area contributed by atoms with Gasteiger partial charge in [0.15, 0.2) is 0 Å². The average Bonchev–Trinajstić information content (AvgIpc) is 2.47. The predicted octanol–water partition coefficient (Wildman–Crippen LogP) is -0.897. The van der Waals surface area contributed by atoms with E-state index in [1.807, 2.05) is 0 Å². The molecule has 6 nitrogen and oxygen atoms in total. The molecule has 1 atom stereocenters. The molecular weight excluding hydrogens is 172 g/mol. The van der Waals surface area contributed by atoms with E-state index in [-0.39, 0.29) is 18.1 Å². The van der Waals surface area contributed by atoms with Crippen LogP contribution in [0.4, 0.5) is 5.69 Å². The number of aromatic nitrogens is 2. The molecule has 13 heavy (non-hydrogen) atoms. The average molecular weight is 184 g/mol. The Morgan fingerprint density at radius 3 is 3.08 bits per heavy atom. The van der Waals surface area contributed by atoms with Crippen molar-refractivity contribution in [2.24, 2.45) is 0 Å². The van der Waals surface area contributed by atoms with Crippen LogP contribution in [0.15, 0.2) is 6.20 Å². The zero-order valence-electron chi connectivity index (χ0n) is 7.24. The number of nitrogens with two attached hydrogens (primary N) is 1. The molecule has 1 heterocycles. The highest BCUT2D eigenvalue weighted by atomic mass is 16.3. The van der Waals surface area contributed by atoms with Crippen LogP contribution >= 0.6 is 0 Å². The molecule has 0 aliphatic rings. The molecule has 1 amide bonds. The molecule has 1 rings (SSSR count). The van der Waals surface area contributed by atoms with Crippen LogP contribution in [0.25, 0.3) is 0 Å². The number of aliphatic hydroxyl groups is 1. The van der Waals surface area contributed by atoms with Crippen LogP contribution in [-0.2, 0) is 0 Å². The van der Waals surface area contributed by atoms with Crippen molar-refractivity contribution in [1.82, 2.24) is 15.5 Å². The molecule has 72 valence electrons. The summed E-state index contributed by atoms with van der Waals surface area (Å²) in [5.74, 6) is -0.365. The summed E-state index contributed by atoms with van der Waals surface area (Å²) in [7, 11) is 0. The summed E-state index contributed by atoms with van der Waals surface area (Å²) in [4.78, 5) is 11.3. The molecule has 1 aromatic rings. The Bertz CT molecular complexity index is 294. The van der Waals surface area contributed by atoms with Gasteiger partial charge in [0, 0.05) is 6.54 Å². The minimum absolute atomic E-state index is 0.192. The zero-order chi connectivity index (χ0) is 9.84. The summed E-state index contributed by atoms with van der Waals surface area (Å²) >= 11 is 0. The van der Waals surface area contributed by atoms with Crippen LogP contribution in [0.3, 0.4) is 0 Å². The lowest BCUT2D eigenvalue weighted by Gasteiger charge is -2.05. The van der Waals surface area contributed by atoms with Gasteiger partial charge in [0.25, 0.3) is 5.91 Å². The summed E-state index contributed by atoms with van der Waals surface area (Å²) in [6.07, 6.45) is 0.783. The number of rotatable bonds is 3. The maximum Gasteiger partial charge on any atom is 0.271 e. The van der Waals surface area contributed by atoms with E-state index in [9.17, 15) is 4.79 Å². The zero-order valence-corrected chi connectivity index (χ0v) is 7.24. The summed E-state index contributed by atoms with van der Waals surface area (Å²) in [5.41, 5.74) is 5.95. The van der Waals surface area contributed by atoms with E-state index < -0.39 is 6.10 Å². The van der Waals surface area contributed by atoms with E-state index in [1.165, 1.54) is 6.20 Å². The Hall–Kier alpha value is -1.56. The SMILES string of the molecule is CC(O)CNC(=O)c1[nH]ncc1N. The standard InChI is InChI=1S/C7H12N4O2/c1-4(12)2-9-7(13)6-5(8)3-10-11-6/h3-4,12H,2,8H2,1H3,(H,9,13)(H,10,11). The third kappa shape index (κ3) is 2.45. The second kappa shape index (κ2) is 3.90. The van der Waals surface area contributed by atoms with Crippen molar-refractivity contribution < 1.29 is 9.90 Å². The number of H-pyrrole nitrogens is 1. The van der Waals surface area contributed by atoms with E-state index in [0.717, 1.165) is 0 Å². The molecule has 0 saturated heterocycles. The fraction of sp³-hybridized carbons (Fsp3) is 0.429. The van der Waals surface area contributed by atoms with Gasteiger partial charge in [0.2, 0.25) is 0 Å². The quantitative estimate of drug-likeness (QED) is 0.488. The van der Waals surface area contributed by atoms with Crippen molar-refractivity contribution in [3.8, 4) is 0 Å². The molecule has 0 aromatic carbocycles. The lowest BCUT2D eigenvalue weighted by molar-refractivity contribution is 0.0920. The van der Waals surface area contributed by atoms with Crippen molar-refractivity contribution in [3.63, 3.8) is 0 Å². The van der Waals surface area contributed by atoms with Gasteiger partial charge in [0.05, 0.1) is 18.0 Å². The molecule has 1 aromatic heterocycles. The van der Waals surface area contributed by atoms with Gasteiger partial charge >= 0.3 is 0 Å². The number of nitrogen functional groups attached to an aromatic ring is 1. The Morgan fingerprint density at radius 1 is 1.92 bits per heavy atom. The number of hydrogen-bond acceptors (Lipinski definition) is 4. The number of nitrogens with one attached hydrogen (secondary N) is 2. The second-order valence-corrected chi connectivity index (χ2v) is 2.76. The van der Waals surface area contributed by atoms with Gasteiger partial charge in [-0.05, 0) is 6.92 Å². The molecule has 0 radical (unpaired) electrons. The minimum atomic E-state index is -0.576. The Labute approximate surface area is 75.1 Å². The van der Waals surface area contributed by atoms with Crippen LogP contribution < -0.4 is 11.1 Å². The lowest BCUT2D eigenvalue weighted by Crippen LogP contribution is -2.31. The fourth-order valence-corrected chi connectivity index (χ4v) is 0.806. The Morgan fingerprint density at radius 2 is 2.62 bits per heavy atom. The van der Waals surface area contributed by atoms with Crippen LogP contribution in [0, 0.1) is 0 Å². The molecule has 5 N–H and O–H groups in total. The van der Waals surface area contributed by atoms with Crippen molar-refractivity contribution >= 4 is 11.6 Å². The van der Waals surface area contributed by atoms with Crippen molar-refractivity contribution in [3.05, 3.63) is 11.9 Å². The number of aromatic amines is 1.